The predicted octanol–water partition coefficient (Wildman–Crippen LogP) is -8.11. The van der Waals surface area contributed by atoms with Gasteiger partial charge in [-0.25, -0.2) is 4.79 Å². The number of epoxide rings is 1. The van der Waals surface area contributed by atoms with E-state index in [4.69, 9.17) is 14.2 Å². The molecule has 0 aliphatic carbocycles. The third kappa shape index (κ3) is 11.2. The van der Waals surface area contributed by atoms with Crippen LogP contribution in [0.2, 0.25) is 0 Å². The first-order valence-corrected chi connectivity index (χ1v) is 20.2. The standard InChI is InChI=1S/C39H49N3O29/c43-15(12-69-29-19(36(57,58)59)23(47)25(49)24(48)20(29)37(60,61)62)10-14(9-13-5-2-1-3-6-13)16(44)11-17(35(55,56)18-21(45)26(50)28(52)27(51)22(18)46)41-31(53)34(42-8-4-7-40-33(42)54)32(71-34)70-30(38(63,64)65)39(66,67)68/h1-3,5-6,14,16-17,30,32,44-52,55-68H,4,7-12H2,(H,40,54)(H,41,53). The van der Waals surface area contributed by atoms with Crippen LogP contribution < -0.4 is 15.4 Å². The summed E-state index contributed by atoms with van der Waals surface area (Å²) in [7, 11) is 0. The molecule has 0 spiro atoms. The summed E-state index contributed by atoms with van der Waals surface area (Å²) in [6, 6.07) is 3.37. The number of rotatable bonds is 21. The summed E-state index contributed by atoms with van der Waals surface area (Å²) in [6.45, 7) is -2.02. The molecule has 32 heteroatoms. The fraction of sp³-hybridized carbons (Fsp3) is 0.462. The lowest BCUT2D eigenvalue weighted by Gasteiger charge is -2.38. The van der Waals surface area contributed by atoms with Crippen molar-refractivity contribution in [2.24, 2.45) is 5.92 Å². The topological polar surface area (TPSA) is 575 Å². The number of aliphatic hydroxyl groups is 15. The lowest BCUT2D eigenvalue weighted by atomic mass is 9.83. The average Bonchev–Trinajstić information content (AvgIpc) is 3.98. The normalized spacial score (nSPS) is 19.2. The highest BCUT2D eigenvalue weighted by Gasteiger charge is 2.73. The van der Waals surface area contributed by atoms with Crippen LogP contribution in [0.15, 0.2) is 30.3 Å². The quantitative estimate of drug-likeness (QED) is 0.0204. The number of phenols is 8. The van der Waals surface area contributed by atoms with Crippen molar-refractivity contribution in [1.29, 1.82) is 0 Å². The number of urea groups is 1. The number of Topliss-reactive ketones (excluding diaryl/α,β-unsaturated/α-hetero) is 1. The number of carbonyl (C=O) groups is 3. The number of hydrogen-bond acceptors (Lipinski definition) is 29. The number of ether oxygens (including phenoxy) is 3. The number of aromatic hydroxyl groups is 8. The molecule has 0 saturated carbocycles. The number of ketones is 1. The van der Waals surface area contributed by atoms with Gasteiger partial charge in [0, 0.05) is 19.5 Å². The molecule has 0 aromatic heterocycles. The minimum atomic E-state index is -4.37. The van der Waals surface area contributed by atoms with Crippen LogP contribution in [0.3, 0.4) is 0 Å². The summed E-state index contributed by atoms with van der Waals surface area (Å²) >= 11 is 0. The van der Waals surface area contributed by atoms with Gasteiger partial charge >= 0.3 is 29.9 Å². The predicted molar refractivity (Wildman–Crippen MR) is 216 cm³/mol. The summed E-state index contributed by atoms with van der Waals surface area (Å²) in [5, 5.41) is 240. The number of aliphatic hydroxyl groups excluding tert-OH is 1. The van der Waals surface area contributed by atoms with Crippen LogP contribution in [-0.2, 0) is 43.2 Å². The number of benzene rings is 3. The maximum atomic E-state index is 14.5. The molecular weight excluding hydrogens is 974 g/mol. The van der Waals surface area contributed by atoms with E-state index in [0.717, 1.165) is 0 Å². The van der Waals surface area contributed by atoms with Crippen molar-refractivity contribution in [2.75, 3.05) is 19.7 Å². The maximum absolute atomic E-state index is 14.5. The maximum Gasteiger partial charge on any atom is 0.320 e. The highest BCUT2D eigenvalue weighted by atomic mass is 16.8. The zero-order chi connectivity index (χ0) is 53.7. The molecule has 25 N–H and O–H groups in total. The van der Waals surface area contributed by atoms with Crippen molar-refractivity contribution < 1.29 is 146 Å². The van der Waals surface area contributed by atoms with Gasteiger partial charge in [-0.2, -0.15) is 0 Å². The number of phenolic OH excluding ortho intramolecular Hbond substituents is 8. The molecule has 394 valence electrons. The van der Waals surface area contributed by atoms with Crippen LogP contribution in [0, 0.1) is 5.92 Å². The van der Waals surface area contributed by atoms with Gasteiger partial charge in [0.05, 0.1) is 12.1 Å². The second kappa shape index (κ2) is 19.7. The Balaban J connectivity index is 1.59. The fourth-order valence-corrected chi connectivity index (χ4v) is 7.68. The van der Waals surface area contributed by atoms with Gasteiger partial charge in [0.2, 0.25) is 41.2 Å². The average molecular weight is 1020 g/mol. The first kappa shape index (κ1) is 55.5. The summed E-state index contributed by atoms with van der Waals surface area (Å²) in [6.07, 6.45) is -11.0. The highest BCUT2D eigenvalue weighted by Crippen LogP contribution is 2.55. The van der Waals surface area contributed by atoms with Crippen LogP contribution in [0.1, 0.15) is 41.5 Å². The number of carbonyl (C=O) groups excluding carboxylic acids is 3. The Hall–Kier alpha value is -6.41. The minimum absolute atomic E-state index is 0.0214. The van der Waals surface area contributed by atoms with Gasteiger partial charge in [-0.05, 0) is 30.7 Å². The van der Waals surface area contributed by atoms with Crippen molar-refractivity contribution in [3.8, 4) is 51.7 Å². The first-order valence-electron chi connectivity index (χ1n) is 20.2. The molecule has 2 saturated heterocycles. The summed E-state index contributed by atoms with van der Waals surface area (Å²) < 4.78 is 15.3. The Morgan fingerprint density at radius 3 is 1.69 bits per heavy atom. The van der Waals surface area contributed by atoms with E-state index >= 15 is 0 Å². The van der Waals surface area contributed by atoms with E-state index in [1.165, 1.54) is 30.3 Å². The molecule has 5 rings (SSSR count). The van der Waals surface area contributed by atoms with E-state index in [9.17, 15) is 132 Å². The smallest absolute Gasteiger partial charge is 0.320 e. The first-order chi connectivity index (χ1) is 32.5. The Bertz CT molecular complexity index is 2400. The molecule has 71 heavy (non-hydrogen) atoms. The molecule has 2 aliphatic rings. The van der Waals surface area contributed by atoms with Gasteiger partial charge in [0.1, 0.15) is 29.0 Å². The fourth-order valence-electron chi connectivity index (χ4n) is 7.68. The zero-order valence-corrected chi connectivity index (χ0v) is 35.9. The van der Waals surface area contributed by atoms with Gasteiger partial charge in [-0.15, -0.1) is 0 Å². The Morgan fingerprint density at radius 2 is 1.21 bits per heavy atom. The molecule has 3 aromatic rings. The number of nitrogens with zero attached hydrogens (tertiary/aromatic N) is 1. The van der Waals surface area contributed by atoms with Gasteiger partial charge in [-0.3, -0.25) is 14.5 Å². The van der Waals surface area contributed by atoms with E-state index in [1.54, 1.807) is 0 Å². The SMILES string of the molecule is O=C(COc1c(C(O)(O)O)c(O)c(O)c(O)c1C(O)(O)O)CC(Cc1ccccc1)C(O)CC(NC(=O)C1(N2CCCNC2=O)OC1OC(C(O)(O)O)C(O)(O)O)C(O)(O)c1c(O)c(O)c(O)c(O)c1O. The number of amides is 3. The molecular formula is C39H49N3O29. The minimum Gasteiger partial charge on any atom is -0.504 e. The van der Waals surface area contributed by atoms with E-state index in [-0.39, 0.29) is 18.5 Å². The Labute approximate surface area is 394 Å². The summed E-state index contributed by atoms with van der Waals surface area (Å²) in [5.74, 6) is -41.9. The lowest BCUT2D eigenvalue weighted by Crippen LogP contribution is -2.64. The Kier molecular flexibility index (Phi) is 15.4. The Morgan fingerprint density at radius 1 is 0.732 bits per heavy atom. The van der Waals surface area contributed by atoms with Crippen molar-refractivity contribution >= 4 is 17.7 Å². The van der Waals surface area contributed by atoms with Crippen LogP contribution in [-0.4, -0.2) is 202 Å². The van der Waals surface area contributed by atoms with E-state index in [1.807, 2.05) is 5.32 Å². The number of hydrogen-bond donors (Lipinski definition) is 25. The van der Waals surface area contributed by atoms with Crippen molar-refractivity contribution in [3.63, 3.8) is 0 Å². The second-order valence-corrected chi connectivity index (χ2v) is 16.3. The van der Waals surface area contributed by atoms with E-state index in [0.29, 0.717) is 4.90 Å². The molecule has 2 heterocycles. The molecule has 3 aromatic carbocycles. The largest absolute Gasteiger partial charge is 0.504 e. The van der Waals surface area contributed by atoms with Crippen molar-refractivity contribution in [1.82, 2.24) is 15.5 Å². The van der Waals surface area contributed by atoms with E-state index in [2.05, 4.69) is 5.32 Å². The van der Waals surface area contributed by atoms with Crippen LogP contribution in [0.25, 0.3) is 0 Å². The van der Waals surface area contributed by atoms with Crippen LogP contribution in [0.4, 0.5) is 4.79 Å². The van der Waals surface area contributed by atoms with Gasteiger partial charge in [0.25, 0.3) is 11.6 Å². The third-order valence-corrected chi connectivity index (χ3v) is 11.1. The van der Waals surface area contributed by atoms with Crippen molar-refractivity contribution in [3.05, 3.63) is 52.6 Å². The number of nitrogens with one attached hydrogen (secondary N) is 2. The van der Waals surface area contributed by atoms with Crippen LogP contribution >= 0.6 is 0 Å². The molecule has 2 aliphatic heterocycles. The van der Waals surface area contributed by atoms with Crippen LogP contribution in [0.5, 0.6) is 51.7 Å². The second-order valence-electron chi connectivity index (χ2n) is 16.3. The van der Waals surface area contributed by atoms with Crippen molar-refractivity contribution in [2.45, 2.75) is 85.6 Å². The zero-order valence-electron chi connectivity index (χ0n) is 35.9. The summed E-state index contributed by atoms with van der Waals surface area (Å²) in [4.78, 5) is 41.8. The summed E-state index contributed by atoms with van der Waals surface area (Å²) in [5.41, 5.74) is -8.08. The molecule has 2 fully saturated rings. The van der Waals surface area contributed by atoms with E-state index < -0.39 is 184 Å². The molecule has 32 nitrogen and oxygen atoms in total. The van der Waals surface area contributed by atoms with Gasteiger partial charge < -0.3 is 142 Å². The van der Waals surface area contributed by atoms with Gasteiger partial charge in [-0.1, -0.05) is 30.3 Å². The van der Waals surface area contributed by atoms with Gasteiger partial charge in [0.15, 0.2) is 28.8 Å². The molecule has 5 atom stereocenters. The molecule has 5 unspecified atom stereocenters. The monoisotopic (exact) mass is 1020 g/mol. The molecule has 3 amide bonds. The highest BCUT2D eigenvalue weighted by molar-refractivity contribution is 5.93. The third-order valence-electron chi connectivity index (χ3n) is 11.1. The molecule has 0 radical (unpaired) electrons. The lowest BCUT2D eigenvalue weighted by molar-refractivity contribution is -0.461. The molecule has 0 bridgehead atoms.